The van der Waals surface area contributed by atoms with E-state index >= 15 is 0 Å². The molecule has 0 saturated carbocycles. The second-order valence-corrected chi connectivity index (χ2v) is 12.5. The topological polar surface area (TPSA) is 144 Å². The molecular formula is C30H36F2N8O5S. The summed E-state index contributed by atoms with van der Waals surface area (Å²) in [7, 11) is 1.39. The van der Waals surface area contributed by atoms with Gasteiger partial charge in [-0.15, -0.1) is 4.28 Å². The third kappa shape index (κ3) is 8.32. The molecule has 0 aliphatic carbocycles. The minimum absolute atomic E-state index is 0.0542. The van der Waals surface area contributed by atoms with E-state index in [-0.39, 0.29) is 35.1 Å². The van der Waals surface area contributed by atoms with E-state index in [0.29, 0.717) is 40.2 Å². The monoisotopic (exact) mass is 658 g/mol. The molecule has 0 atom stereocenters. The van der Waals surface area contributed by atoms with Crippen molar-refractivity contribution in [1.29, 1.82) is 0 Å². The maximum absolute atomic E-state index is 14.2. The van der Waals surface area contributed by atoms with Gasteiger partial charge in [0.15, 0.2) is 17.5 Å². The number of nitrogens with one attached hydrogen (secondary N) is 2. The molecule has 0 unspecified atom stereocenters. The summed E-state index contributed by atoms with van der Waals surface area (Å²) in [6, 6.07) is 5.25. The Morgan fingerprint density at radius 1 is 1.17 bits per heavy atom. The fraction of sp³-hybridized carbons (Fsp3) is 0.333. The number of hydrogen-bond acceptors (Lipinski definition) is 11. The zero-order valence-corrected chi connectivity index (χ0v) is 27.2. The number of carbonyl (C=O) groups is 1. The number of aromatic nitrogens is 4. The second-order valence-electron chi connectivity index (χ2n) is 10.9. The number of halogens is 2. The number of ether oxygens (including phenoxy) is 1. The smallest absolute Gasteiger partial charge is 0.285 e. The molecule has 3 aromatic heterocycles. The molecule has 0 aliphatic heterocycles. The number of carbonyl (C=O) groups excluding carboxylic acids is 1. The summed E-state index contributed by atoms with van der Waals surface area (Å²) in [6.07, 6.45) is 5.23. The summed E-state index contributed by atoms with van der Waals surface area (Å²) in [5, 5.41) is 7.18. The average molecular weight is 659 g/mol. The van der Waals surface area contributed by atoms with Gasteiger partial charge in [0.05, 0.1) is 23.6 Å². The van der Waals surface area contributed by atoms with Gasteiger partial charge in [0.25, 0.3) is 16.0 Å². The highest BCUT2D eigenvalue weighted by atomic mass is 32.2. The predicted molar refractivity (Wildman–Crippen MR) is 172 cm³/mol. The minimum Gasteiger partial charge on any atom is -0.473 e. The van der Waals surface area contributed by atoms with Gasteiger partial charge in [0.2, 0.25) is 11.8 Å². The number of fused-ring (bicyclic) bond motifs is 1. The Morgan fingerprint density at radius 2 is 1.89 bits per heavy atom. The third-order valence-electron chi connectivity index (χ3n) is 6.40. The molecular weight excluding hydrogens is 622 g/mol. The summed E-state index contributed by atoms with van der Waals surface area (Å²) in [4.78, 5) is 28.3. The highest BCUT2D eigenvalue weighted by molar-refractivity contribution is 7.86. The molecule has 0 bridgehead atoms. The highest BCUT2D eigenvalue weighted by Crippen LogP contribution is 2.37. The third-order valence-corrected chi connectivity index (χ3v) is 6.82. The van der Waals surface area contributed by atoms with Crippen LogP contribution in [0.4, 0.5) is 31.9 Å². The first kappa shape index (κ1) is 34.2. The number of aryl methyl sites for hydroxylation is 1. The predicted octanol–water partition coefficient (Wildman–Crippen LogP) is 4.61. The van der Waals surface area contributed by atoms with E-state index in [9.17, 15) is 22.0 Å². The number of anilines is 4. The molecule has 0 saturated heterocycles. The van der Waals surface area contributed by atoms with Crippen molar-refractivity contribution in [2.24, 2.45) is 7.05 Å². The van der Waals surface area contributed by atoms with Crippen LogP contribution in [0.15, 0.2) is 49.3 Å². The van der Waals surface area contributed by atoms with Crippen molar-refractivity contribution in [2.75, 3.05) is 49.1 Å². The Balaban J connectivity index is 1.82. The zero-order valence-electron chi connectivity index (χ0n) is 26.3. The van der Waals surface area contributed by atoms with Crippen molar-refractivity contribution in [3.8, 4) is 17.1 Å². The maximum atomic E-state index is 14.2. The van der Waals surface area contributed by atoms with Gasteiger partial charge in [-0.25, -0.2) is 18.7 Å². The summed E-state index contributed by atoms with van der Waals surface area (Å²) < 4.78 is 65.2. The van der Waals surface area contributed by atoms with Crippen LogP contribution in [0, 0.1) is 11.6 Å². The van der Waals surface area contributed by atoms with Crippen LogP contribution in [0.25, 0.3) is 22.2 Å². The summed E-state index contributed by atoms with van der Waals surface area (Å²) >= 11 is 0. The van der Waals surface area contributed by atoms with E-state index in [0.717, 1.165) is 31.0 Å². The first-order chi connectivity index (χ1) is 21.7. The lowest BCUT2D eigenvalue weighted by atomic mass is 10.1. The van der Waals surface area contributed by atoms with Gasteiger partial charge in [-0.1, -0.05) is 6.58 Å². The lowest BCUT2D eigenvalue weighted by Crippen LogP contribution is -2.33. The van der Waals surface area contributed by atoms with Gasteiger partial charge in [0, 0.05) is 43.0 Å². The van der Waals surface area contributed by atoms with Crippen molar-refractivity contribution in [3.05, 3.63) is 60.9 Å². The first-order valence-electron chi connectivity index (χ1n) is 14.2. The molecule has 0 spiro atoms. The lowest BCUT2D eigenvalue weighted by Gasteiger charge is -2.24. The number of rotatable bonds is 14. The quantitative estimate of drug-likeness (QED) is 0.111. The molecule has 4 rings (SSSR count). The lowest BCUT2D eigenvalue weighted by molar-refractivity contribution is -0.118. The van der Waals surface area contributed by atoms with E-state index in [1.807, 2.05) is 19.0 Å². The molecule has 46 heavy (non-hydrogen) atoms. The number of benzene rings is 1. The van der Waals surface area contributed by atoms with Gasteiger partial charge in [0.1, 0.15) is 11.4 Å². The standard InChI is InChI=1S/C30H36F2N8O5S/c1-8-27(41)40(45-46(7,42)43)26-16-24(29(44-18(2)3)37-28(26)33-11-9-13-38(4)5)36-30-34-12-10-23(35-30)20-17-39(6)25-15-22(32)21(31)14-19(20)25/h8,10,12,14-18H,1,9,11,13H2,2-7H3,(H,33,37)(H,34,35,36). The SMILES string of the molecule is C=CC(=O)N(OS(C)(=O)=O)c1cc(Nc2nccc(-c3cn(C)c4cc(F)c(F)cc34)n2)c(OC(C)C)nc1NCCCN(C)C. The Morgan fingerprint density at radius 3 is 2.54 bits per heavy atom. The molecule has 246 valence electrons. The Bertz CT molecular complexity index is 1860. The molecule has 0 fully saturated rings. The van der Waals surface area contributed by atoms with Crippen LogP contribution >= 0.6 is 0 Å². The van der Waals surface area contributed by atoms with Crippen LogP contribution in [0.1, 0.15) is 20.3 Å². The molecule has 0 radical (unpaired) electrons. The molecule has 0 aliphatic rings. The Labute approximate surface area is 265 Å². The summed E-state index contributed by atoms with van der Waals surface area (Å²) in [5.74, 6) is -2.56. The number of nitrogens with zero attached hydrogens (tertiary/aromatic N) is 6. The summed E-state index contributed by atoms with van der Waals surface area (Å²) in [5.41, 5.74) is 1.51. The van der Waals surface area contributed by atoms with E-state index in [1.165, 1.54) is 12.3 Å². The normalized spacial score (nSPS) is 11.7. The van der Waals surface area contributed by atoms with Gasteiger partial charge >= 0.3 is 0 Å². The van der Waals surface area contributed by atoms with Crippen molar-refractivity contribution >= 4 is 50.1 Å². The van der Waals surface area contributed by atoms with Gasteiger partial charge in [-0.2, -0.15) is 18.5 Å². The van der Waals surface area contributed by atoms with Gasteiger partial charge in [-0.05, 0) is 65.2 Å². The Hall–Kier alpha value is -4.67. The van der Waals surface area contributed by atoms with Crippen LogP contribution in [-0.4, -0.2) is 78.3 Å². The number of hydrogen-bond donors (Lipinski definition) is 2. The molecule has 3 heterocycles. The molecule has 1 amide bonds. The molecule has 2 N–H and O–H groups in total. The number of pyridine rings is 1. The van der Waals surface area contributed by atoms with Gasteiger partial charge < -0.3 is 24.8 Å². The van der Waals surface area contributed by atoms with Crippen LogP contribution < -0.4 is 20.4 Å². The molecule has 13 nitrogen and oxygen atoms in total. The maximum Gasteiger partial charge on any atom is 0.285 e. The largest absolute Gasteiger partial charge is 0.473 e. The van der Waals surface area contributed by atoms with Crippen molar-refractivity contribution in [1.82, 2.24) is 24.4 Å². The van der Waals surface area contributed by atoms with Crippen molar-refractivity contribution in [3.63, 3.8) is 0 Å². The number of amides is 1. The first-order valence-corrected chi connectivity index (χ1v) is 16.0. The molecule has 16 heteroatoms. The van der Waals surface area contributed by atoms with Crippen LogP contribution in [0.2, 0.25) is 0 Å². The molecule has 1 aromatic carbocycles. The van der Waals surface area contributed by atoms with E-state index < -0.39 is 27.7 Å². The molecule has 4 aromatic rings. The fourth-order valence-corrected chi connectivity index (χ4v) is 4.88. The van der Waals surface area contributed by atoms with Crippen LogP contribution in [0.3, 0.4) is 0 Å². The minimum atomic E-state index is -4.17. The Kier molecular flexibility index (Phi) is 10.5. The fourth-order valence-electron chi connectivity index (χ4n) is 4.46. The second kappa shape index (κ2) is 14.2. The van der Waals surface area contributed by atoms with E-state index in [1.54, 1.807) is 37.7 Å². The average Bonchev–Trinajstić information content (AvgIpc) is 3.29. The van der Waals surface area contributed by atoms with Crippen LogP contribution in [0.5, 0.6) is 5.88 Å². The van der Waals surface area contributed by atoms with Gasteiger partial charge in [-0.3, -0.25) is 4.79 Å². The number of hydroxylamine groups is 1. The summed E-state index contributed by atoms with van der Waals surface area (Å²) in [6.45, 7) is 8.22. The van der Waals surface area contributed by atoms with E-state index in [4.69, 9.17) is 9.02 Å². The van der Waals surface area contributed by atoms with E-state index in [2.05, 4.69) is 32.2 Å². The van der Waals surface area contributed by atoms with Crippen LogP contribution in [-0.2, 0) is 26.2 Å². The highest BCUT2D eigenvalue weighted by Gasteiger charge is 2.27. The zero-order chi connectivity index (χ0) is 33.8. The van der Waals surface area contributed by atoms with Crippen molar-refractivity contribution in [2.45, 2.75) is 26.4 Å². The van der Waals surface area contributed by atoms with Crippen molar-refractivity contribution < 1.29 is 31.0 Å².